The normalized spacial score (nSPS) is 12.1. The Morgan fingerprint density at radius 3 is 2.15 bits per heavy atom. The molecule has 34 heavy (non-hydrogen) atoms. The van der Waals surface area contributed by atoms with Crippen LogP contribution in [0.2, 0.25) is 0 Å². The van der Waals surface area contributed by atoms with Gasteiger partial charge < -0.3 is 19.5 Å². The number of carbonyl (C=O) groups is 1. The molecule has 0 bridgehead atoms. The number of benzene rings is 1. The molecule has 2 aromatic rings. The van der Waals surface area contributed by atoms with Gasteiger partial charge in [-0.2, -0.15) is 16.8 Å². The van der Waals surface area contributed by atoms with Crippen molar-refractivity contribution in [1.82, 2.24) is 4.98 Å². The molecule has 0 saturated heterocycles. The van der Waals surface area contributed by atoms with Crippen LogP contribution in [0.25, 0.3) is 0 Å². The van der Waals surface area contributed by atoms with E-state index in [1.54, 1.807) is 0 Å². The predicted octanol–water partition coefficient (Wildman–Crippen LogP) is -5.72. The maximum Gasteiger partial charge on any atom is 1.00 e. The summed E-state index contributed by atoms with van der Waals surface area (Å²) in [5.74, 6) is -1.11. The molecule has 2 rings (SSSR count). The van der Waals surface area contributed by atoms with Crippen molar-refractivity contribution in [3.8, 4) is 5.75 Å². The number of azo groups is 1. The second-order valence-corrected chi connectivity index (χ2v) is 10.7. The molecule has 1 heterocycles. The number of aldehydes is 1. The summed E-state index contributed by atoms with van der Waals surface area (Å²) in [6.07, 6.45) is -1.43. The van der Waals surface area contributed by atoms with Gasteiger partial charge in [-0.25, -0.2) is 4.98 Å². The second kappa shape index (κ2) is 12.6. The molecule has 0 unspecified atom stereocenters. The third kappa shape index (κ3) is 8.81. The topological polar surface area (TPSA) is 247 Å². The molecule has 0 aliphatic heterocycles. The molecule has 0 aliphatic carbocycles. The van der Waals surface area contributed by atoms with Crippen molar-refractivity contribution < 1.29 is 109 Å². The molecule has 3 N–H and O–H groups in total. The van der Waals surface area contributed by atoms with Crippen LogP contribution in [0.5, 0.6) is 5.75 Å². The molecular formula is C15H14N3Na2O11PS2. The van der Waals surface area contributed by atoms with Gasteiger partial charge in [-0.05, 0) is 37.7 Å². The van der Waals surface area contributed by atoms with E-state index in [4.69, 9.17) is 4.55 Å². The largest absolute Gasteiger partial charge is 1.00 e. The van der Waals surface area contributed by atoms with Crippen LogP contribution in [-0.4, -0.2) is 48.5 Å². The Labute approximate surface area is 238 Å². The molecule has 19 heteroatoms. The summed E-state index contributed by atoms with van der Waals surface area (Å²) in [6, 6.07) is 1.88. The van der Waals surface area contributed by atoms with Gasteiger partial charge in [0.1, 0.15) is 16.3 Å². The first kappa shape index (κ1) is 33.4. The predicted molar refractivity (Wildman–Crippen MR) is 102 cm³/mol. The number of hydrogen-bond donors (Lipinski definition) is 3. The fraction of sp³-hybridized carbons (Fsp3) is 0.200. The Hall–Kier alpha value is -0.590. The first-order valence-corrected chi connectivity index (χ1v) is 12.8. The third-order valence-corrected chi connectivity index (χ3v) is 6.50. The number of rotatable bonds is 8. The second-order valence-electron chi connectivity index (χ2n) is 6.24. The molecule has 174 valence electrons. The minimum atomic E-state index is -5.04. The molecule has 0 saturated carbocycles. The summed E-state index contributed by atoms with van der Waals surface area (Å²) in [5, 5.41) is 17.1. The van der Waals surface area contributed by atoms with Crippen LogP contribution in [0.15, 0.2) is 38.2 Å². The van der Waals surface area contributed by atoms with E-state index < -0.39 is 73.0 Å². The van der Waals surface area contributed by atoms with Gasteiger partial charge in [-0.1, -0.05) is 7.60 Å². The van der Waals surface area contributed by atoms with Crippen molar-refractivity contribution in [3.63, 3.8) is 0 Å². The van der Waals surface area contributed by atoms with Crippen molar-refractivity contribution in [2.45, 2.75) is 23.1 Å². The van der Waals surface area contributed by atoms with E-state index >= 15 is 0 Å². The van der Waals surface area contributed by atoms with Crippen molar-refractivity contribution in [2.75, 3.05) is 6.16 Å². The number of pyridine rings is 1. The summed E-state index contributed by atoms with van der Waals surface area (Å²) < 4.78 is 75.2. The van der Waals surface area contributed by atoms with E-state index in [0.29, 0.717) is 18.2 Å². The molecule has 0 aliphatic rings. The zero-order valence-corrected chi connectivity index (χ0v) is 24.5. The monoisotopic (exact) mass is 553 g/mol. The van der Waals surface area contributed by atoms with Crippen LogP contribution in [0.3, 0.4) is 0 Å². The molecule has 0 fully saturated rings. The van der Waals surface area contributed by atoms with Gasteiger partial charge in [0, 0.05) is 5.56 Å². The smallest absolute Gasteiger partial charge is 0.811 e. The van der Waals surface area contributed by atoms with Crippen LogP contribution < -0.4 is 68.9 Å². The standard InChI is InChI=1S/C15H16N3O11PS2.2Na/c1-8-14(20)11(7-19)10(4-5-30(21,22)23)15(16-8)18-17-12-6-9(31(24,25)26)2-3-13(12)32(27,28)29;;/h2-3,6-7,20H,4-5H2,1H3,(H2,21,22,23)(H,24,25,26)(H,27,28,29);;/q;2*+1/p-2. The molecule has 1 aromatic heterocycles. The average molecular weight is 553 g/mol. The fourth-order valence-electron chi connectivity index (χ4n) is 2.50. The molecule has 1 aromatic carbocycles. The number of aryl methyl sites for hydroxylation is 1. The van der Waals surface area contributed by atoms with E-state index in [1.165, 1.54) is 6.92 Å². The van der Waals surface area contributed by atoms with E-state index in [-0.39, 0.29) is 76.7 Å². The van der Waals surface area contributed by atoms with Gasteiger partial charge in [0.05, 0.1) is 16.2 Å². The van der Waals surface area contributed by atoms with E-state index in [9.17, 15) is 45.6 Å². The van der Waals surface area contributed by atoms with E-state index in [2.05, 4.69) is 15.2 Å². The minimum absolute atomic E-state index is 0. The van der Waals surface area contributed by atoms with Gasteiger partial charge in [0.15, 0.2) is 12.1 Å². The Kier molecular flexibility index (Phi) is 12.4. The van der Waals surface area contributed by atoms with Gasteiger partial charge in [-0.15, -0.1) is 10.2 Å². The van der Waals surface area contributed by atoms with Crippen LogP contribution in [-0.2, 0) is 31.2 Å². The van der Waals surface area contributed by atoms with Crippen LogP contribution in [0.4, 0.5) is 11.5 Å². The average Bonchev–Trinajstić information content (AvgIpc) is 2.64. The molecule has 0 spiro atoms. The number of carbonyl (C=O) groups excluding carboxylic acids is 1. The van der Waals surface area contributed by atoms with Crippen molar-refractivity contribution >= 4 is 45.6 Å². The van der Waals surface area contributed by atoms with Crippen molar-refractivity contribution in [1.29, 1.82) is 0 Å². The molecule has 0 amide bonds. The van der Waals surface area contributed by atoms with Crippen molar-refractivity contribution in [3.05, 3.63) is 35.0 Å². The van der Waals surface area contributed by atoms with E-state index in [1.807, 2.05) is 0 Å². The molecule has 0 atom stereocenters. The third-order valence-electron chi connectivity index (χ3n) is 3.98. The van der Waals surface area contributed by atoms with Crippen molar-refractivity contribution in [2.24, 2.45) is 10.2 Å². The van der Waals surface area contributed by atoms with Crippen LogP contribution >= 0.6 is 7.60 Å². The number of hydrogen-bond acceptors (Lipinski definition) is 12. The summed E-state index contributed by atoms with van der Waals surface area (Å²) in [5.41, 5.74) is -1.66. The zero-order chi connectivity index (χ0) is 24.5. The summed E-state index contributed by atoms with van der Waals surface area (Å²) in [6.45, 7) is 1.25. The van der Waals surface area contributed by atoms with Gasteiger partial charge >= 0.3 is 59.1 Å². The first-order chi connectivity index (χ1) is 14.5. The van der Waals surface area contributed by atoms with E-state index in [0.717, 1.165) is 0 Å². The Morgan fingerprint density at radius 2 is 1.68 bits per heavy atom. The minimum Gasteiger partial charge on any atom is -0.811 e. The van der Waals surface area contributed by atoms with Gasteiger partial charge in [0.25, 0.3) is 20.2 Å². The summed E-state index contributed by atoms with van der Waals surface area (Å²) in [4.78, 5) is 35.5. The maximum absolute atomic E-state index is 11.6. The maximum atomic E-state index is 11.6. The van der Waals surface area contributed by atoms with Crippen LogP contribution in [0, 0.1) is 6.92 Å². The van der Waals surface area contributed by atoms with Gasteiger partial charge in [0.2, 0.25) is 0 Å². The SMILES string of the molecule is Cc1nc(N=Nc2cc(S(=O)(=O)O)ccc2S(=O)(=O)O)c(CCP(=O)([O-])[O-])c(C=O)c1O.[Na+].[Na+]. The molecule has 0 radical (unpaired) electrons. The summed E-state index contributed by atoms with van der Waals surface area (Å²) >= 11 is 0. The van der Waals surface area contributed by atoms with Crippen LogP contribution in [0.1, 0.15) is 21.6 Å². The quantitative estimate of drug-likeness (QED) is 0.0910. The Bertz CT molecular complexity index is 1380. The molecule has 14 nitrogen and oxygen atoms in total. The molecular weight excluding hydrogens is 539 g/mol. The Morgan fingerprint density at radius 1 is 1.09 bits per heavy atom. The first-order valence-electron chi connectivity index (χ1n) is 8.24. The number of nitrogens with zero attached hydrogens (tertiary/aromatic N) is 3. The number of aromatic nitrogens is 1. The summed E-state index contributed by atoms with van der Waals surface area (Å²) in [7, 11) is -14.8. The van der Waals surface area contributed by atoms with Gasteiger partial charge in [-0.3, -0.25) is 13.9 Å². The number of aromatic hydroxyl groups is 1. The fourth-order valence-corrected chi connectivity index (χ4v) is 4.10. The zero-order valence-electron chi connectivity index (χ0n) is 17.9. The Balaban J connectivity index is 0.00000544.